The van der Waals surface area contributed by atoms with Crippen LogP contribution in [0.3, 0.4) is 0 Å². The van der Waals surface area contributed by atoms with Crippen LogP contribution in [0.2, 0.25) is 0 Å². The molecule has 0 unspecified atom stereocenters. The number of ether oxygens (including phenoxy) is 1. The van der Waals surface area contributed by atoms with E-state index in [0.717, 1.165) is 11.1 Å². The number of aromatic amines is 1. The van der Waals surface area contributed by atoms with E-state index in [1.807, 2.05) is 39.0 Å². The molecule has 0 fully saturated rings. The van der Waals surface area contributed by atoms with Gasteiger partial charge in [0.1, 0.15) is 17.0 Å². The number of rotatable bonds is 8. The Kier molecular flexibility index (Phi) is 7.59. The lowest BCUT2D eigenvalue weighted by molar-refractivity contribution is -0.116. The second-order valence-electron chi connectivity index (χ2n) is 9.08. The van der Waals surface area contributed by atoms with Crippen molar-refractivity contribution in [2.45, 2.75) is 32.6 Å². The molecule has 198 valence electrons. The van der Waals surface area contributed by atoms with Crippen molar-refractivity contribution in [2.24, 2.45) is 7.05 Å². The zero-order valence-electron chi connectivity index (χ0n) is 22.1. The highest BCUT2D eigenvalue weighted by Crippen LogP contribution is 2.40. The second kappa shape index (κ2) is 10.7. The summed E-state index contributed by atoms with van der Waals surface area (Å²) in [5.41, 5.74) is 3.66. The number of likely N-dealkylation sites (N-methyl/N-ethyl adjacent to an activating group) is 1. The van der Waals surface area contributed by atoms with Crippen LogP contribution in [-0.4, -0.2) is 36.2 Å². The molecule has 0 saturated heterocycles. The van der Waals surface area contributed by atoms with E-state index in [1.165, 1.54) is 10.6 Å². The largest absolute Gasteiger partial charge is 0.456 e. The van der Waals surface area contributed by atoms with Crippen molar-refractivity contribution in [3.05, 3.63) is 81.9 Å². The number of aromatic nitrogens is 2. The quantitative estimate of drug-likeness (QED) is 0.314. The summed E-state index contributed by atoms with van der Waals surface area (Å²) in [6, 6.07) is 12.4. The first-order chi connectivity index (χ1) is 18.1. The van der Waals surface area contributed by atoms with Gasteiger partial charge in [-0.05, 0) is 62.2 Å². The Hall–Kier alpha value is -4.11. The highest BCUT2D eigenvalue weighted by molar-refractivity contribution is 7.91. The van der Waals surface area contributed by atoms with Crippen molar-refractivity contribution in [3.8, 4) is 22.6 Å². The number of hydrogen-bond donors (Lipinski definition) is 2. The monoisotopic (exact) mass is 533 g/mol. The SMILES string of the molecule is CCNC(=O)C=Cc1cc2c(-c3cc(S(=O)(=O)CC)ccc3Oc3c(C)cccc3C)cn(C)c(=O)c2[nH]1. The van der Waals surface area contributed by atoms with Gasteiger partial charge < -0.3 is 19.6 Å². The maximum atomic E-state index is 13.0. The van der Waals surface area contributed by atoms with Gasteiger partial charge in [0.05, 0.1) is 10.6 Å². The Bertz CT molecular complexity index is 1710. The third-order valence-corrected chi connectivity index (χ3v) is 8.08. The van der Waals surface area contributed by atoms with Crippen LogP contribution in [0.15, 0.2) is 64.4 Å². The van der Waals surface area contributed by atoms with Gasteiger partial charge in [-0.3, -0.25) is 9.59 Å². The molecule has 0 aliphatic rings. The molecule has 8 nitrogen and oxygen atoms in total. The summed E-state index contributed by atoms with van der Waals surface area (Å²) in [6.07, 6.45) is 4.66. The fourth-order valence-corrected chi connectivity index (χ4v) is 5.20. The molecule has 2 aromatic heterocycles. The van der Waals surface area contributed by atoms with Crippen LogP contribution in [-0.2, 0) is 21.7 Å². The molecule has 9 heteroatoms. The van der Waals surface area contributed by atoms with Gasteiger partial charge in [0.2, 0.25) is 5.91 Å². The molecule has 2 heterocycles. The molecule has 0 spiro atoms. The average molecular weight is 534 g/mol. The van der Waals surface area contributed by atoms with E-state index in [0.29, 0.717) is 45.8 Å². The maximum absolute atomic E-state index is 13.0. The van der Waals surface area contributed by atoms with Crippen molar-refractivity contribution in [1.82, 2.24) is 14.9 Å². The van der Waals surface area contributed by atoms with E-state index in [2.05, 4.69) is 10.3 Å². The number of fused-ring (bicyclic) bond motifs is 1. The van der Waals surface area contributed by atoms with Gasteiger partial charge >= 0.3 is 0 Å². The number of aryl methyl sites for hydroxylation is 3. The summed E-state index contributed by atoms with van der Waals surface area (Å²) in [7, 11) is -1.88. The Morgan fingerprint density at radius 2 is 1.79 bits per heavy atom. The van der Waals surface area contributed by atoms with Crippen LogP contribution >= 0.6 is 0 Å². The lowest BCUT2D eigenvalue weighted by atomic mass is 10.0. The number of nitrogens with one attached hydrogen (secondary N) is 2. The third kappa shape index (κ3) is 5.28. The molecular formula is C29H31N3O5S. The minimum Gasteiger partial charge on any atom is -0.456 e. The van der Waals surface area contributed by atoms with Crippen molar-refractivity contribution in [3.63, 3.8) is 0 Å². The highest BCUT2D eigenvalue weighted by Gasteiger charge is 2.21. The van der Waals surface area contributed by atoms with E-state index in [4.69, 9.17) is 4.74 Å². The molecule has 0 saturated carbocycles. The third-order valence-electron chi connectivity index (χ3n) is 6.35. The molecule has 4 aromatic rings. The summed E-state index contributed by atoms with van der Waals surface area (Å²) < 4.78 is 33.4. The van der Waals surface area contributed by atoms with Crippen molar-refractivity contribution in [1.29, 1.82) is 0 Å². The van der Waals surface area contributed by atoms with E-state index in [9.17, 15) is 18.0 Å². The first kappa shape index (κ1) is 26.9. The molecule has 4 rings (SSSR count). The molecule has 2 aromatic carbocycles. The van der Waals surface area contributed by atoms with Crippen LogP contribution in [0.4, 0.5) is 0 Å². The number of sulfone groups is 1. The second-order valence-corrected chi connectivity index (χ2v) is 11.4. The summed E-state index contributed by atoms with van der Waals surface area (Å²) in [5.74, 6) is 0.838. The zero-order valence-corrected chi connectivity index (χ0v) is 22.9. The van der Waals surface area contributed by atoms with Crippen LogP contribution in [0.5, 0.6) is 11.5 Å². The van der Waals surface area contributed by atoms with E-state index in [1.54, 1.807) is 50.5 Å². The molecule has 2 N–H and O–H groups in total. The standard InChI is InChI=1S/C29H31N3O5S/c1-6-30-26(33)14-11-20-15-23-24(17-32(5)29(34)27(23)31-20)22-16-21(38(35,36)7-2)12-13-25(22)37-28-18(3)9-8-10-19(28)4/h8-17,31H,6-7H2,1-5H3,(H,30,33). The normalized spacial score (nSPS) is 11.8. The number of benzene rings is 2. The van der Waals surface area contributed by atoms with Crippen molar-refractivity contribution >= 4 is 32.7 Å². The summed E-state index contributed by atoms with van der Waals surface area (Å²) in [4.78, 5) is 28.2. The van der Waals surface area contributed by atoms with Gasteiger partial charge in [0.15, 0.2) is 9.84 Å². The predicted octanol–water partition coefficient (Wildman–Crippen LogP) is 4.89. The highest BCUT2D eigenvalue weighted by atomic mass is 32.2. The van der Waals surface area contributed by atoms with E-state index in [-0.39, 0.29) is 22.1 Å². The maximum Gasteiger partial charge on any atom is 0.274 e. The fourth-order valence-electron chi connectivity index (χ4n) is 4.30. The average Bonchev–Trinajstić information content (AvgIpc) is 3.32. The number of carbonyl (C=O) groups is 1. The molecule has 0 bridgehead atoms. The number of nitrogens with zero attached hydrogens (tertiary/aromatic N) is 1. The predicted molar refractivity (Wildman–Crippen MR) is 150 cm³/mol. The van der Waals surface area contributed by atoms with E-state index >= 15 is 0 Å². The Morgan fingerprint density at radius 1 is 1.08 bits per heavy atom. The van der Waals surface area contributed by atoms with Gasteiger partial charge in [-0.25, -0.2) is 8.42 Å². The van der Waals surface area contributed by atoms with E-state index < -0.39 is 9.84 Å². The van der Waals surface area contributed by atoms with Crippen LogP contribution in [0.1, 0.15) is 30.7 Å². The molecule has 1 amide bonds. The summed E-state index contributed by atoms with van der Waals surface area (Å²) in [6.45, 7) is 7.82. The molecule has 38 heavy (non-hydrogen) atoms. The summed E-state index contributed by atoms with van der Waals surface area (Å²) >= 11 is 0. The Balaban J connectivity index is 1.97. The van der Waals surface area contributed by atoms with Crippen molar-refractivity contribution in [2.75, 3.05) is 12.3 Å². The van der Waals surface area contributed by atoms with Gasteiger partial charge in [0.25, 0.3) is 5.56 Å². The first-order valence-corrected chi connectivity index (χ1v) is 14.0. The molecule has 0 aliphatic heterocycles. The number of carbonyl (C=O) groups excluding carboxylic acids is 1. The number of para-hydroxylation sites is 1. The minimum absolute atomic E-state index is 0.0504. The smallest absolute Gasteiger partial charge is 0.274 e. The number of hydrogen-bond acceptors (Lipinski definition) is 5. The van der Waals surface area contributed by atoms with Gasteiger partial charge in [-0.2, -0.15) is 0 Å². The zero-order chi connectivity index (χ0) is 27.6. The lowest BCUT2D eigenvalue weighted by Crippen LogP contribution is -2.19. The van der Waals surface area contributed by atoms with Crippen LogP contribution < -0.4 is 15.6 Å². The molecular weight excluding hydrogens is 502 g/mol. The van der Waals surface area contributed by atoms with Crippen molar-refractivity contribution < 1.29 is 17.9 Å². The Morgan fingerprint density at radius 3 is 2.45 bits per heavy atom. The van der Waals surface area contributed by atoms with Gasteiger partial charge in [-0.1, -0.05) is 25.1 Å². The lowest BCUT2D eigenvalue weighted by Gasteiger charge is -2.17. The molecule has 0 atom stereocenters. The Labute approximate surface area is 221 Å². The topological polar surface area (TPSA) is 110 Å². The number of H-pyrrole nitrogens is 1. The van der Waals surface area contributed by atoms with Gasteiger partial charge in [-0.15, -0.1) is 0 Å². The molecule has 0 radical (unpaired) electrons. The van der Waals surface area contributed by atoms with Crippen LogP contribution in [0.25, 0.3) is 28.1 Å². The number of pyridine rings is 1. The van der Waals surface area contributed by atoms with Gasteiger partial charge in [0, 0.05) is 48.1 Å². The summed E-state index contributed by atoms with van der Waals surface area (Å²) in [5, 5.41) is 3.28. The molecule has 0 aliphatic carbocycles. The minimum atomic E-state index is -3.51. The van der Waals surface area contributed by atoms with Crippen LogP contribution in [0, 0.1) is 13.8 Å². The first-order valence-electron chi connectivity index (χ1n) is 12.3. The number of amides is 1. The fraction of sp³-hybridized carbons (Fsp3) is 0.241.